The van der Waals surface area contributed by atoms with E-state index in [0.29, 0.717) is 11.8 Å². The maximum Gasteiger partial charge on any atom is 0.263 e. The highest BCUT2D eigenvalue weighted by Gasteiger charge is 2.22. The Morgan fingerprint density at radius 3 is 2.24 bits per heavy atom. The van der Waals surface area contributed by atoms with Gasteiger partial charge >= 0.3 is 0 Å². The van der Waals surface area contributed by atoms with Gasteiger partial charge in [0.15, 0.2) is 5.82 Å². The van der Waals surface area contributed by atoms with E-state index in [2.05, 4.69) is 4.72 Å². The average molecular weight is 348 g/mol. The van der Waals surface area contributed by atoms with Gasteiger partial charge in [0.05, 0.1) is 10.0 Å². The molecule has 2 rings (SSSR count). The number of rotatable bonds is 4. The van der Waals surface area contributed by atoms with Crippen LogP contribution in [0, 0.1) is 5.82 Å². The first-order valence-electron chi connectivity index (χ1n) is 5.56. The zero-order chi connectivity index (χ0) is 15.6. The van der Waals surface area contributed by atoms with Gasteiger partial charge in [-0.3, -0.25) is 9.52 Å². The zero-order valence-corrected chi connectivity index (χ0v) is 12.6. The second-order valence-corrected chi connectivity index (χ2v) is 6.45. The molecule has 2 aromatic rings. The third-order valence-electron chi connectivity index (χ3n) is 2.59. The molecular weight excluding hydrogens is 340 g/mol. The van der Waals surface area contributed by atoms with E-state index in [9.17, 15) is 17.6 Å². The van der Waals surface area contributed by atoms with E-state index >= 15 is 0 Å². The first-order chi connectivity index (χ1) is 9.85. The minimum absolute atomic E-state index is 0.215. The summed E-state index contributed by atoms with van der Waals surface area (Å²) in [6, 6.07) is 7.90. The molecule has 21 heavy (non-hydrogen) atoms. The van der Waals surface area contributed by atoms with Crippen LogP contribution in [0.25, 0.3) is 0 Å². The van der Waals surface area contributed by atoms with E-state index in [1.54, 1.807) is 0 Å². The quantitative estimate of drug-likeness (QED) is 0.676. The monoisotopic (exact) mass is 347 g/mol. The molecule has 0 spiro atoms. The lowest BCUT2D eigenvalue weighted by Crippen LogP contribution is -2.14. The van der Waals surface area contributed by atoms with Crippen LogP contribution in [0.4, 0.5) is 10.1 Å². The van der Waals surface area contributed by atoms with Crippen molar-refractivity contribution in [2.45, 2.75) is 4.90 Å². The number of hydrogen-bond donors (Lipinski definition) is 1. The minimum atomic E-state index is -4.07. The molecule has 8 heteroatoms. The van der Waals surface area contributed by atoms with Crippen molar-refractivity contribution in [1.82, 2.24) is 0 Å². The summed E-state index contributed by atoms with van der Waals surface area (Å²) in [6.07, 6.45) is 0.629. The van der Waals surface area contributed by atoms with Crippen LogP contribution in [0.1, 0.15) is 10.4 Å². The molecule has 0 atom stereocenters. The summed E-state index contributed by atoms with van der Waals surface area (Å²) in [5.74, 6) is -1.00. The molecule has 110 valence electrons. The van der Waals surface area contributed by atoms with Crippen LogP contribution in [0.15, 0.2) is 41.3 Å². The summed E-state index contributed by atoms with van der Waals surface area (Å²) < 4.78 is 40.1. The first kappa shape index (κ1) is 15.8. The van der Waals surface area contributed by atoms with Gasteiger partial charge in [-0.25, -0.2) is 12.8 Å². The molecule has 0 aliphatic carbocycles. The van der Waals surface area contributed by atoms with Crippen molar-refractivity contribution in [3.63, 3.8) is 0 Å². The lowest BCUT2D eigenvalue weighted by molar-refractivity contribution is 0.112. The molecule has 0 bridgehead atoms. The number of carbonyl (C=O) groups is 1. The number of anilines is 1. The van der Waals surface area contributed by atoms with Gasteiger partial charge < -0.3 is 0 Å². The number of carbonyl (C=O) groups excluding carboxylic acids is 1. The molecule has 0 aliphatic heterocycles. The highest BCUT2D eigenvalue weighted by molar-refractivity contribution is 7.92. The first-order valence-corrected chi connectivity index (χ1v) is 7.80. The summed E-state index contributed by atoms with van der Waals surface area (Å²) in [4.78, 5) is 10.1. The van der Waals surface area contributed by atoms with Gasteiger partial charge in [0.1, 0.15) is 11.2 Å². The summed E-state index contributed by atoms with van der Waals surface area (Å²) in [6.45, 7) is 0. The molecule has 1 N–H and O–H groups in total. The molecule has 2 aromatic carbocycles. The Labute approximate surface area is 130 Å². The van der Waals surface area contributed by atoms with Crippen LogP contribution in [-0.4, -0.2) is 14.7 Å². The largest absolute Gasteiger partial charge is 0.298 e. The SMILES string of the molecule is O=Cc1ccc(NS(=O)(=O)c2ccc(Cl)c(F)c2Cl)cc1. The van der Waals surface area contributed by atoms with Crippen molar-refractivity contribution < 1.29 is 17.6 Å². The zero-order valence-electron chi connectivity index (χ0n) is 10.3. The molecular formula is C13H8Cl2FNO3S. The number of aldehydes is 1. The fourth-order valence-corrected chi connectivity index (χ4v) is 3.36. The molecule has 0 radical (unpaired) electrons. The molecule has 0 heterocycles. The van der Waals surface area contributed by atoms with E-state index in [0.717, 1.165) is 12.1 Å². The van der Waals surface area contributed by atoms with E-state index in [1.165, 1.54) is 24.3 Å². The molecule has 0 saturated carbocycles. The number of benzene rings is 2. The fraction of sp³-hybridized carbons (Fsp3) is 0. The minimum Gasteiger partial charge on any atom is -0.298 e. The van der Waals surface area contributed by atoms with Gasteiger partial charge in [0, 0.05) is 11.3 Å². The number of hydrogen-bond acceptors (Lipinski definition) is 3. The molecule has 0 aliphatic rings. The normalized spacial score (nSPS) is 11.2. The van der Waals surface area contributed by atoms with E-state index in [-0.39, 0.29) is 10.7 Å². The smallest absolute Gasteiger partial charge is 0.263 e. The van der Waals surface area contributed by atoms with Gasteiger partial charge in [-0.1, -0.05) is 23.2 Å². The maximum absolute atomic E-state index is 13.6. The number of halogens is 3. The Morgan fingerprint density at radius 2 is 1.67 bits per heavy atom. The van der Waals surface area contributed by atoms with Crippen LogP contribution < -0.4 is 4.72 Å². The topological polar surface area (TPSA) is 63.2 Å². The van der Waals surface area contributed by atoms with Crippen LogP contribution in [0.2, 0.25) is 10.0 Å². The summed E-state index contributed by atoms with van der Waals surface area (Å²) in [5, 5.41) is -0.853. The second kappa shape index (κ2) is 6.01. The molecule has 0 aromatic heterocycles. The van der Waals surface area contributed by atoms with E-state index < -0.39 is 25.8 Å². The fourth-order valence-electron chi connectivity index (χ4n) is 1.56. The van der Waals surface area contributed by atoms with Crippen molar-refractivity contribution in [2.75, 3.05) is 4.72 Å². The average Bonchev–Trinajstić information content (AvgIpc) is 2.45. The van der Waals surface area contributed by atoms with Crippen LogP contribution >= 0.6 is 23.2 Å². The third kappa shape index (κ3) is 3.34. The standard InChI is InChI=1S/C13H8Cl2FNO3S/c14-10-5-6-11(12(15)13(10)16)21(19,20)17-9-3-1-8(7-18)2-4-9/h1-7,17H. The highest BCUT2D eigenvalue weighted by atomic mass is 35.5. The van der Waals surface area contributed by atoms with Crippen LogP contribution in [0.3, 0.4) is 0 Å². The predicted octanol–water partition coefficient (Wildman–Crippen LogP) is 3.75. The van der Waals surface area contributed by atoms with Crippen LogP contribution in [-0.2, 0) is 10.0 Å². The Hall–Kier alpha value is -1.63. The van der Waals surface area contributed by atoms with Gasteiger partial charge in [-0.15, -0.1) is 0 Å². The highest BCUT2D eigenvalue weighted by Crippen LogP contribution is 2.30. The van der Waals surface area contributed by atoms with Gasteiger partial charge in [0.25, 0.3) is 10.0 Å². The lowest BCUT2D eigenvalue weighted by atomic mass is 10.2. The Bertz CT molecular complexity index is 792. The van der Waals surface area contributed by atoms with Gasteiger partial charge in [0.2, 0.25) is 0 Å². The van der Waals surface area contributed by atoms with Crippen molar-refractivity contribution in [3.05, 3.63) is 57.8 Å². The summed E-state index contributed by atoms with van der Waals surface area (Å²) >= 11 is 11.2. The second-order valence-electron chi connectivity index (χ2n) is 4.02. The van der Waals surface area contributed by atoms with Gasteiger partial charge in [-0.05, 0) is 36.4 Å². The Kier molecular flexibility index (Phi) is 4.51. The molecule has 0 saturated heterocycles. The van der Waals surface area contributed by atoms with Crippen LogP contribution in [0.5, 0.6) is 0 Å². The number of sulfonamides is 1. The van der Waals surface area contributed by atoms with Crippen molar-refractivity contribution >= 4 is 45.2 Å². The summed E-state index contributed by atoms with van der Waals surface area (Å²) in [5.41, 5.74) is 0.612. The van der Waals surface area contributed by atoms with Crippen molar-refractivity contribution in [2.24, 2.45) is 0 Å². The van der Waals surface area contributed by atoms with Crippen molar-refractivity contribution in [3.8, 4) is 0 Å². The molecule has 0 amide bonds. The molecule has 0 fully saturated rings. The Morgan fingerprint density at radius 1 is 1.05 bits per heavy atom. The summed E-state index contributed by atoms with van der Waals surface area (Å²) in [7, 11) is -4.07. The number of nitrogens with one attached hydrogen (secondary N) is 1. The lowest BCUT2D eigenvalue weighted by Gasteiger charge is -2.10. The molecule has 4 nitrogen and oxygen atoms in total. The van der Waals surface area contributed by atoms with E-state index in [4.69, 9.17) is 23.2 Å². The molecule has 0 unspecified atom stereocenters. The van der Waals surface area contributed by atoms with Crippen molar-refractivity contribution in [1.29, 1.82) is 0 Å². The van der Waals surface area contributed by atoms with E-state index in [1.807, 2.05) is 0 Å². The van der Waals surface area contributed by atoms with Gasteiger partial charge in [-0.2, -0.15) is 0 Å². The Balaban J connectivity index is 2.38. The maximum atomic E-state index is 13.6. The third-order valence-corrected chi connectivity index (χ3v) is 4.79. The predicted molar refractivity (Wildman–Crippen MR) is 79.1 cm³/mol.